The normalized spacial score (nSPS) is 12.0. The van der Waals surface area contributed by atoms with E-state index in [-0.39, 0.29) is 28.8 Å². The molecule has 0 radical (unpaired) electrons. The summed E-state index contributed by atoms with van der Waals surface area (Å²) in [5, 5.41) is 22.5. The maximum atomic E-state index is 12.5. The minimum atomic E-state index is -0.542. The van der Waals surface area contributed by atoms with Crippen molar-refractivity contribution in [3.05, 3.63) is 64.0 Å². The fraction of sp³-hybridized carbons (Fsp3) is 0.333. The molecule has 1 amide bonds. The van der Waals surface area contributed by atoms with Crippen molar-refractivity contribution in [2.75, 3.05) is 6.54 Å². The third-order valence-corrected chi connectivity index (χ3v) is 4.30. The molecule has 2 heterocycles. The second-order valence-corrected chi connectivity index (χ2v) is 6.73. The Morgan fingerprint density at radius 3 is 2.71 bits per heavy atom. The van der Waals surface area contributed by atoms with Crippen LogP contribution in [0.3, 0.4) is 0 Å². The standard InChI is InChI=1S/C18H21N7O3/c1-12(9-23-14(3)6-13(2)22-23)8-20-18(26)15-4-5-16(17(7-15)25(27)28)24-11-19-10-21-24/h4-7,10-12H,8-9H2,1-3H3,(H,20,26)/t12-/m0/s1. The Bertz CT molecular complexity index is 995. The maximum absolute atomic E-state index is 12.5. The highest BCUT2D eigenvalue weighted by molar-refractivity contribution is 5.95. The molecule has 0 fully saturated rings. The van der Waals surface area contributed by atoms with E-state index in [0.717, 1.165) is 11.4 Å². The molecule has 0 saturated carbocycles. The number of amides is 1. The van der Waals surface area contributed by atoms with E-state index in [0.29, 0.717) is 13.1 Å². The number of benzene rings is 1. The first-order valence-corrected chi connectivity index (χ1v) is 8.78. The van der Waals surface area contributed by atoms with Gasteiger partial charge in [0.1, 0.15) is 18.3 Å². The van der Waals surface area contributed by atoms with Crippen molar-refractivity contribution in [3.63, 3.8) is 0 Å². The van der Waals surface area contributed by atoms with E-state index in [9.17, 15) is 14.9 Å². The summed E-state index contributed by atoms with van der Waals surface area (Å²) in [6.07, 6.45) is 2.65. The molecule has 1 N–H and O–H groups in total. The topological polar surface area (TPSA) is 121 Å². The van der Waals surface area contributed by atoms with E-state index in [2.05, 4.69) is 20.5 Å². The summed E-state index contributed by atoms with van der Waals surface area (Å²) in [5.74, 6) is -0.222. The average Bonchev–Trinajstić information content (AvgIpc) is 3.29. The smallest absolute Gasteiger partial charge is 0.295 e. The van der Waals surface area contributed by atoms with E-state index in [1.165, 1.54) is 35.5 Å². The van der Waals surface area contributed by atoms with Crippen molar-refractivity contribution in [2.24, 2.45) is 5.92 Å². The van der Waals surface area contributed by atoms with Gasteiger partial charge in [0, 0.05) is 30.4 Å². The minimum Gasteiger partial charge on any atom is -0.352 e. The van der Waals surface area contributed by atoms with Crippen molar-refractivity contribution in [2.45, 2.75) is 27.3 Å². The number of carbonyl (C=O) groups is 1. The number of nitro benzene ring substituents is 1. The molecule has 0 bridgehead atoms. The van der Waals surface area contributed by atoms with Gasteiger partial charge in [-0.05, 0) is 38.0 Å². The SMILES string of the molecule is Cc1cc(C)n(C[C@@H](C)CNC(=O)c2ccc(-n3cncn3)c([N+](=O)[O-])c2)n1. The molecule has 1 aromatic carbocycles. The molecule has 3 rings (SSSR count). The van der Waals surface area contributed by atoms with Gasteiger partial charge >= 0.3 is 0 Å². The van der Waals surface area contributed by atoms with E-state index >= 15 is 0 Å². The second-order valence-electron chi connectivity index (χ2n) is 6.73. The van der Waals surface area contributed by atoms with Crippen molar-refractivity contribution >= 4 is 11.6 Å². The predicted octanol–water partition coefficient (Wildman–Crippen LogP) is 2.05. The fourth-order valence-corrected chi connectivity index (χ4v) is 2.93. The van der Waals surface area contributed by atoms with Crippen LogP contribution in [0.5, 0.6) is 0 Å². The van der Waals surface area contributed by atoms with Crippen LogP contribution in [-0.2, 0) is 6.54 Å². The number of aromatic nitrogens is 5. The van der Waals surface area contributed by atoms with Crippen molar-refractivity contribution in [1.82, 2.24) is 29.9 Å². The van der Waals surface area contributed by atoms with E-state index in [4.69, 9.17) is 0 Å². The van der Waals surface area contributed by atoms with Crippen LogP contribution in [0.25, 0.3) is 5.69 Å². The Kier molecular flexibility index (Phi) is 5.48. The second kappa shape index (κ2) is 7.99. The van der Waals surface area contributed by atoms with Gasteiger partial charge < -0.3 is 5.32 Å². The van der Waals surface area contributed by atoms with Gasteiger partial charge in [-0.2, -0.15) is 10.2 Å². The molecule has 2 aromatic heterocycles. The van der Waals surface area contributed by atoms with Gasteiger partial charge in [0.05, 0.1) is 10.6 Å². The van der Waals surface area contributed by atoms with Crippen LogP contribution in [0.15, 0.2) is 36.9 Å². The lowest BCUT2D eigenvalue weighted by Gasteiger charge is -2.14. The Balaban J connectivity index is 1.68. The molecule has 3 aromatic rings. The summed E-state index contributed by atoms with van der Waals surface area (Å²) < 4.78 is 3.19. The zero-order valence-corrected chi connectivity index (χ0v) is 15.9. The minimum absolute atomic E-state index is 0.145. The lowest BCUT2D eigenvalue weighted by atomic mass is 10.1. The van der Waals surface area contributed by atoms with Crippen LogP contribution in [0.1, 0.15) is 28.7 Å². The van der Waals surface area contributed by atoms with E-state index < -0.39 is 4.92 Å². The zero-order valence-electron chi connectivity index (χ0n) is 15.9. The van der Waals surface area contributed by atoms with Crippen LogP contribution >= 0.6 is 0 Å². The first kappa shape index (κ1) is 19.2. The first-order valence-electron chi connectivity index (χ1n) is 8.78. The van der Waals surface area contributed by atoms with Gasteiger partial charge in [0.15, 0.2) is 0 Å². The van der Waals surface area contributed by atoms with Crippen molar-refractivity contribution < 1.29 is 9.72 Å². The summed E-state index contributed by atoms with van der Waals surface area (Å²) in [4.78, 5) is 27.1. The molecule has 0 aliphatic carbocycles. The van der Waals surface area contributed by atoms with Gasteiger partial charge in [0.2, 0.25) is 0 Å². The number of carbonyl (C=O) groups excluding carboxylic acids is 1. The van der Waals surface area contributed by atoms with Gasteiger partial charge in [-0.3, -0.25) is 19.6 Å². The van der Waals surface area contributed by atoms with E-state index in [1.54, 1.807) is 0 Å². The van der Waals surface area contributed by atoms with E-state index in [1.807, 2.05) is 31.5 Å². The van der Waals surface area contributed by atoms with Gasteiger partial charge in [-0.15, -0.1) is 0 Å². The maximum Gasteiger partial charge on any atom is 0.295 e. The Hall–Kier alpha value is -3.56. The third-order valence-electron chi connectivity index (χ3n) is 4.30. The molecule has 0 aliphatic heterocycles. The lowest BCUT2D eigenvalue weighted by molar-refractivity contribution is -0.384. The molecule has 0 unspecified atom stereocenters. The summed E-state index contributed by atoms with van der Waals surface area (Å²) in [7, 11) is 0. The molecule has 0 aliphatic rings. The molecular formula is C18H21N7O3. The van der Waals surface area contributed by atoms with Crippen LogP contribution in [0, 0.1) is 29.9 Å². The van der Waals surface area contributed by atoms with Gasteiger partial charge in [-0.1, -0.05) is 6.92 Å². The van der Waals surface area contributed by atoms with Crippen molar-refractivity contribution in [1.29, 1.82) is 0 Å². The zero-order chi connectivity index (χ0) is 20.3. The molecule has 146 valence electrons. The number of nitro groups is 1. The molecule has 10 nitrogen and oxygen atoms in total. The summed E-state index contributed by atoms with van der Waals surface area (Å²) in [5.41, 5.74) is 2.27. The summed E-state index contributed by atoms with van der Waals surface area (Å²) in [6, 6.07) is 6.27. The summed E-state index contributed by atoms with van der Waals surface area (Å²) in [6.45, 7) is 7.03. The number of hydrogen-bond donors (Lipinski definition) is 1. The fourth-order valence-electron chi connectivity index (χ4n) is 2.93. The first-order chi connectivity index (χ1) is 13.3. The molecule has 0 saturated heterocycles. The Labute approximate surface area is 161 Å². The molecule has 0 spiro atoms. The quantitative estimate of drug-likeness (QED) is 0.492. The number of rotatable bonds is 7. The Morgan fingerprint density at radius 1 is 1.32 bits per heavy atom. The molecule has 10 heteroatoms. The molecule has 1 atom stereocenters. The highest BCUT2D eigenvalue weighted by Crippen LogP contribution is 2.23. The van der Waals surface area contributed by atoms with Gasteiger partial charge in [0.25, 0.3) is 11.6 Å². The number of nitrogens with zero attached hydrogens (tertiary/aromatic N) is 6. The average molecular weight is 383 g/mol. The van der Waals surface area contributed by atoms with Gasteiger partial charge in [-0.25, -0.2) is 9.67 Å². The summed E-state index contributed by atoms with van der Waals surface area (Å²) >= 11 is 0. The van der Waals surface area contributed by atoms with Crippen molar-refractivity contribution in [3.8, 4) is 5.69 Å². The Morgan fingerprint density at radius 2 is 2.11 bits per heavy atom. The highest BCUT2D eigenvalue weighted by Gasteiger charge is 2.19. The van der Waals surface area contributed by atoms with Crippen LogP contribution < -0.4 is 5.32 Å². The monoisotopic (exact) mass is 383 g/mol. The van der Waals surface area contributed by atoms with Crippen LogP contribution in [0.2, 0.25) is 0 Å². The largest absolute Gasteiger partial charge is 0.352 e. The number of aryl methyl sites for hydroxylation is 2. The highest BCUT2D eigenvalue weighted by atomic mass is 16.6. The van der Waals surface area contributed by atoms with Crippen LogP contribution in [-0.4, -0.2) is 41.9 Å². The molecule has 28 heavy (non-hydrogen) atoms. The molecular weight excluding hydrogens is 362 g/mol. The lowest BCUT2D eigenvalue weighted by Crippen LogP contribution is -2.30. The third kappa shape index (κ3) is 4.22. The predicted molar refractivity (Wildman–Crippen MR) is 101 cm³/mol. The number of hydrogen-bond acceptors (Lipinski definition) is 6. The number of nitrogens with one attached hydrogen (secondary N) is 1. The van der Waals surface area contributed by atoms with Crippen LogP contribution in [0.4, 0.5) is 5.69 Å².